The number of carbonyl (C=O) groups is 6. The number of nitrogens with two attached hydrogens (primary N) is 1. The molecule has 66 heavy (non-hydrogen) atoms. The summed E-state index contributed by atoms with van der Waals surface area (Å²) in [6.45, 7) is 11.2. The molecule has 3 aliphatic carbocycles. The van der Waals surface area contributed by atoms with Crippen molar-refractivity contribution in [3.8, 4) is 0 Å². The second-order valence-electron chi connectivity index (χ2n) is 21.9. The third kappa shape index (κ3) is 12.2. The van der Waals surface area contributed by atoms with Crippen LogP contribution in [0.15, 0.2) is 0 Å². The first kappa shape index (κ1) is 50.5. The lowest BCUT2D eigenvalue weighted by atomic mass is 9.65. The van der Waals surface area contributed by atoms with Gasteiger partial charge in [0.1, 0.15) is 6.04 Å². The Balaban J connectivity index is 0.000000197. The van der Waals surface area contributed by atoms with E-state index in [9.17, 15) is 34.0 Å². The molecule has 372 valence electrons. The predicted octanol–water partition coefficient (Wildman–Crippen LogP) is 2.55. The molecule has 5 saturated heterocycles. The largest absolute Gasteiger partial charge is 0.342 e. The Hall–Kier alpha value is -3.42. The highest BCUT2D eigenvalue weighted by molar-refractivity contribution is 5.97. The Morgan fingerprint density at radius 1 is 0.636 bits per heavy atom. The predicted molar refractivity (Wildman–Crippen MR) is 244 cm³/mol. The quantitative estimate of drug-likeness (QED) is 0.137. The van der Waals surface area contributed by atoms with Gasteiger partial charge in [-0.25, -0.2) is 30.1 Å². The second kappa shape index (κ2) is 22.8. The zero-order valence-corrected chi connectivity index (χ0v) is 40.4. The Kier molecular flexibility index (Phi) is 17.4. The molecule has 0 radical (unpaired) electrons. The molecule has 5 aliphatic heterocycles. The van der Waals surface area contributed by atoms with E-state index in [1.807, 2.05) is 23.9 Å². The summed E-state index contributed by atoms with van der Waals surface area (Å²) in [4.78, 5) is 90.4. The number of rotatable bonds is 7. The smallest absolute Gasteiger partial charge is 0.321 e. The van der Waals surface area contributed by atoms with Crippen LogP contribution in [-0.2, 0) is 29.0 Å². The molecule has 8 aliphatic rings. The zero-order chi connectivity index (χ0) is 47.2. The van der Waals surface area contributed by atoms with E-state index in [0.717, 1.165) is 103 Å². The topological polar surface area (TPSA) is 236 Å². The number of imide groups is 2. The summed E-state index contributed by atoms with van der Waals surface area (Å²) in [5, 5.41) is 27.4. The van der Waals surface area contributed by atoms with Gasteiger partial charge in [0.05, 0.1) is 6.61 Å². The van der Waals surface area contributed by atoms with E-state index in [0.29, 0.717) is 67.3 Å². The molecule has 0 aromatic carbocycles. The van der Waals surface area contributed by atoms with Gasteiger partial charge in [0, 0.05) is 94.0 Å². The van der Waals surface area contributed by atoms with E-state index in [2.05, 4.69) is 59.6 Å². The van der Waals surface area contributed by atoms with Crippen molar-refractivity contribution >= 4 is 35.7 Å². The molecule has 18 heteroatoms. The van der Waals surface area contributed by atoms with E-state index in [-0.39, 0.29) is 65.4 Å². The Morgan fingerprint density at radius 3 is 1.64 bits per heavy atom. The van der Waals surface area contributed by atoms with Crippen LogP contribution in [0.25, 0.3) is 0 Å². The number of nitrogens with one attached hydrogen (secondary N) is 6. The van der Waals surface area contributed by atoms with Gasteiger partial charge in [0.25, 0.3) is 5.91 Å². The fraction of sp³-hybridized carbons (Fsp3) is 0.875. The Labute approximate surface area is 391 Å². The van der Waals surface area contributed by atoms with Crippen LogP contribution in [0, 0.1) is 53.3 Å². The monoisotopic (exact) mass is 929 g/mol. The number of carbonyl (C=O) groups excluding carboxylic acids is 6. The number of hydrogen-bond donors (Lipinski definition) is 8. The summed E-state index contributed by atoms with van der Waals surface area (Å²) in [5.74, 6) is 1.86. The molecule has 3 saturated carbocycles. The average Bonchev–Trinajstić information content (AvgIpc) is 3.31. The van der Waals surface area contributed by atoms with Crippen molar-refractivity contribution in [3.05, 3.63) is 0 Å². The van der Waals surface area contributed by atoms with Gasteiger partial charge in [-0.05, 0) is 139 Å². The fourth-order valence-electron chi connectivity index (χ4n) is 13.3. The van der Waals surface area contributed by atoms with E-state index >= 15 is 0 Å². The van der Waals surface area contributed by atoms with Crippen LogP contribution in [0.4, 0.5) is 9.59 Å². The minimum Gasteiger partial charge on any atom is -0.342 e. The first-order valence-corrected chi connectivity index (χ1v) is 25.6. The van der Waals surface area contributed by atoms with Crippen molar-refractivity contribution in [1.82, 2.24) is 41.7 Å². The van der Waals surface area contributed by atoms with E-state index in [1.54, 1.807) is 0 Å². The molecule has 0 spiro atoms. The number of urea groups is 2. The van der Waals surface area contributed by atoms with Gasteiger partial charge < -0.3 is 31.1 Å². The molecule has 5 heterocycles. The maximum atomic E-state index is 13.4. The minimum atomic E-state index is -0.746. The molecule has 0 aromatic rings. The number of likely N-dealkylation sites (tertiary alicyclic amines) is 2. The molecule has 8 amide bonds. The molecule has 0 bridgehead atoms. The third-order valence-electron chi connectivity index (χ3n) is 17.3. The molecule has 17 unspecified atom stereocenters. The van der Waals surface area contributed by atoms with Crippen molar-refractivity contribution < 1.29 is 49.2 Å². The summed E-state index contributed by atoms with van der Waals surface area (Å²) in [5.41, 5.74) is 1.18. The van der Waals surface area contributed by atoms with E-state index in [1.165, 1.54) is 5.48 Å². The highest BCUT2D eigenvalue weighted by Crippen LogP contribution is 2.45. The number of piperidine rings is 4. The van der Waals surface area contributed by atoms with Gasteiger partial charge in [-0.1, -0.05) is 13.8 Å². The molecular weight excluding hydrogens is 847 g/mol. The van der Waals surface area contributed by atoms with Gasteiger partial charge in [-0.2, -0.15) is 0 Å². The zero-order valence-electron chi connectivity index (χ0n) is 40.4. The van der Waals surface area contributed by atoms with Gasteiger partial charge in [-0.3, -0.25) is 29.8 Å². The molecule has 8 fully saturated rings. The van der Waals surface area contributed by atoms with Gasteiger partial charge in [-0.15, -0.1) is 0 Å². The first-order chi connectivity index (χ1) is 31.6. The molecule has 8 rings (SSSR count). The van der Waals surface area contributed by atoms with Crippen molar-refractivity contribution in [2.24, 2.45) is 53.3 Å². The molecule has 9 N–H and O–H groups in total. The van der Waals surface area contributed by atoms with Crippen LogP contribution in [0.1, 0.15) is 130 Å². The second-order valence-corrected chi connectivity index (χ2v) is 21.9. The SMILES string of the molecule is CC1CC2C(CN1)CC(C1CC(NC(=O)NC(=O)C3CCCC([NH2+]O)C3)CCC1C)C(=O)N2C.CC1CC2C(CN1)CC(C1CC(NC(=O)NC(=O)C3CCCOO3)CCC1C)C(=O)N2C. The van der Waals surface area contributed by atoms with Crippen LogP contribution < -0.4 is 37.4 Å². The van der Waals surface area contributed by atoms with Gasteiger partial charge in [0.2, 0.25) is 17.7 Å². The van der Waals surface area contributed by atoms with Crippen molar-refractivity contribution in [3.63, 3.8) is 0 Å². The number of amides is 8. The van der Waals surface area contributed by atoms with Crippen LogP contribution >= 0.6 is 0 Å². The number of hydrogen-bond acceptors (Lipinski definition) is 11. The van der Waals surface area contributed by atoms with E-state index < -0.39 is 24.1 Å². The number of quaternary nitrogens is 1. The summed E-state index contributed by atoms with van der Waals surface area (Å²) in [6.07, 6.45) is 12.7. The maximum absolute atomic E-state index is 13.4. The van der Waals surface area contributed by atoms with Crippen molar-refractivity contribution in [1.29, 1.82) is 0 Å². The molecule has 18 nitrogen and oxygen atoms in total. The minimum absolute atomic E-state index is 0.000321. The fourth-order valence-corrected chi connectivity index (χ4v) is 13.3. The molecular formula is C48H82N9O9+. The Bertz CT molecular complexity index is 1720. The Morgan fingerprint density at radius 2 is 1.15 bits per heavy atom. The summed E-state index contributed by atoms with van der Waals surface area (Å²) < 4.78 is 0. The molecule has 0 aromatic heterocycles. The average molecular weight is 929 g/mol. The third-order valence-corrected chi connectivity index (χ3v) is 17.3. The lowest BCUT2D eigenvalue weighted by Crippen LogP contribution is -2.87. The highest BCUT2D eigenvalue weighted by Gasteiger charge is 2.49. The summed E-state index contributed by atoms with van der Waals surface area (Å²) >= 11 is 0. The summed E-state index contributed by atoms with van der Waals surface area (Å²) in [7, 11) is 3.93. The lowest BCUT2D eigenvalue weighted by Gasteiger charge is -2.50. The first-order valence-electron chi connectivity index (χ1n) is 25.6. The van der Waals surface area contributed by atoms with Crippen molar-refractivity contribution in [2.45, 2.75) is 179 Å². The van der Waals surface area contributed by atoms with Crippen molar-refractivity contribution in [2.75, 3.05) is 33.8 Å². The van der Waals surface area contributed by atoms with Crippen LogP contribution in [0.2, 0.25) is 0 Å². The molecule has 17 atom stereocenters. The highest BCUT2D eigenvalue weighted by atomic mass is 17.2. The van der Waals surface area contributed by atoms with Gasteiger partial charge >= 0.3 is 12.1 Å². The van der Waals surface area contributed by atoms with Crippen LogP contribution in [0.5, 0.6) is 0 Å². The number of fused-ring (bicyclic) bond motifs is 2. The van der Waals surface area contributed by atoms with Crippen LogP contribution in [-0.4, -0.2) is 133 Å². The lowest BCUT2D eigenvalue weighted by molar-refractivity contribution is -0.911. The van der Waals surface area contributed by atoms with Crippen LogP contribution in [0.3, 0.4) is 0 Å². The van der Waals surface area contributed by atoms with E-state index in [4.69, 9.17) is 9.78 Å². The number of hydroxylamine groups is 1. The van der Waals surface area contributed by atoms with Gasteiger partial charge in [0.15, 0.2) is 6.10 Å². The summed E-state index contributed by atoms with van der Waals surface area (Å²) in [6, 6.07) is 0.553. The maximum Gasteiger partial charge on any atom is 0.321 e. The standard InChI is InChI=1S/C25H43N5O4.C23H38N4O5/c1-14-7-8-18(27-25(33)28-23(31)16-5-4-6-19(10-16)29-34)12-20(14)21-11-17-13-26-15(2)9-22(17)30(3)24(21)32;1-13-6-7-16(25-23(30)26-21(28)20-5-4-8-31-32-20)11-17(13)18-10-15-12-24-14(2)9-19(15)27(3)22(18)29/h14-22,26,29,34H,4-13H2,1-3H3,(H2,27,28,31,33);13-20,24H,4-12H2,1-3H3,(H2,25,26,28,30)/p+1. The normalized spacial score (nSPS) is 40.6. The number of nitrogens with zero attached hydrogens (tertiary/aromatic N) is 2.